The number of aromatic nitrogens is 3. The monoisotopic (exact) mass is 214 g/mol. The van der Waals surface area contributed by atoms with Gasteiger partial charge in [0, 0.05) is 36.7 Å². The molecule has 4 nitrogen and oxygen atoms in total. The van der Waals surface area contributed by atoms with Crippen molar-refractivity contribution in [2.75, 3.05) is 0 Å². The molecule has 1 aliphatic carbocycles. The largest absolute Gasteiger partial charge is 0.310 e. The predicted octanol–water partition coefficient (Wildman–Crippen LogP) is 1.52. The first-order valence-corrected chi connectivity index (χ1v) is 5.59. The van der Waals surface area contributed by atoms with Crippen LogP contribution in [-0.4, -0.2) is 20.6 Å². The summed E-state index contributed by atoms with van der Waals surface area (Å²) < 4.78 is 1.95. The molecule has 0 saturated heterocycles. The van der Waals surface area contributed by atoms with Crippen molar-refractivity contribution in [3.05, 3.63) is 42.6 Å². The second kappa shape index (κ2) is 4.06. The fourth-order valence-corrected chi connectivity index (χ4v) is 1.73. The molecule has 2 aromatic heterocycles. The zero-order chi connectivity index (χ0) is 10.8. The van der Waals surface area contributed by atoms with Crippen molar-refractivity contribution in [2.24, 2.45) is 0 Å². The Bertz CT molecular complexity index is 460. The van der Waals surface area contributed by atoms with E-state index in [9.17, 15) is 0 Å². The minimum absolute atomic E-state index is 0.718. The lowest BCUT2D eigenvalue weighted by atomic mass is 10.2. The van der Waals surface area contributed by atoms with Crippen molar-refractivity contribution in [1.82, 2.24) is 19.9 Å². The summed E-state index contributed by atoms with van der Waals surface area (Å²) in [6.45, 7) is 0.881. The first-order valence-electron chi connectivity index (χ1n) is 5.59. The van der Waals surface area contributed by atoms with Gasteiger partial charge >= 0.3 is 0 Å². The van der Waals surface area contributed by atoms with Crippen molar-refractivity contribution in [1.29, 1.82) is 0 Å². The molecular weight excluding hydrogens is 200 g/mol. The lowest BCUT2D eigenvalue weighted by molar-refractivity contribution is 0.681. The van der Waals surface area contributed by atoms with E-state index in [1.807, 2.05) is 23.0 Å². The van der Waals surface area contributed by atoms with Crippen molar-refractivity contribution in [2.45, 2.75) is 25.4 Å². The highest BCUT2D eigenvalue weighted by molar-refractivity contribution is 5.33. The standard InChI is InChI=1S/C12H14N4/c1-2-10(8-15-11-3-4-11)12(14-5-1)16-7-6-13-9-16/h1-2,5-7,9,11,15H,3-4,8H2. The molecular formula is C12H14N4. The van der Waals surface area contributed by atoms with Crippen LogP contribution < -0.4 is 5.32 Å². The van der Waals surface area contributed by atoms with Crippen LogP contribution in [0.1, 0.15) is 18.4 Å². The molecule has 16 heavy (non-hydrogen) atoms. The van der Waals surface area contributed by atoms with E-state index < -0.39 is 0 Å². The molecule has 1 fully saturated rings. The number of rotatable bonds is 4. The lowest BCUT2D eigenvalue weighted by Crippen LogP contribution is -2.17. The number of pyridine rings is 1. The third-order valence-electron chi connectivity index (χ3n) is 2.78. The maximum absolute atomic E-state index is 4.40. The highest BCUT2D eigenvalue weighted by atomic mass is 15.1. The van der Waals surface area contributed by atoms with E-state index in [2.05, 4.69) is 21.4 Å². The Labute approximate surface area is 94.4 Å². The normalized spacial score (nSPS) is 15.2. The van der Waals surface area contributed by atoms with Crippen LogP contribution in [-0.2, 0) is 6.54 Å². The first-order chi connectivity index (χ1) is 7.93. The van der Waals surface area contributed by atoms with Crippen LogP contribution in [0, 0.1) is 0 Å². The molecule has 2 aromatic rings. The minimum Gasteiger partial charge on any atom is -0.310 e. The van der Waals surface area contributed by atoms with Gasteiger partial charge in [0.25, 0.3) is 0 Å². The molecule has 0 bridgehead atoms. The smallest absolute Gasteiger partial charge is 0.142 e. The van der Waals surface area contributed by atoms with E-state index in [1.165, 1.54) is 18.4 Å². The highest BCUT2D eigenvalue weighted by Gasteiger charge is 2.20. The van der Waals surface area contributed by atoms with Crippen LogP contribution >= 0.6 is 0 Å². The quantitative estimate of drug-likeness (QED) is 0.839. The van der Waals surface area contributed by atoms with Crippen LogP contribution in [0.2, 0.25) is 0 Å². The molecule has 0 unspecified atom stereocenters. The molecule has 2 heterocycles. The Balaban J connectivity index is 1.85. The summed E-state index contributed by atoms with van der Waals surface area (Å²) in [6.07, 6.45) is 9.90. The van der Waals surface area contributed by atoms with Gasteiger partial charge in [0.15, 0.2) is 0 Å². The van der Waals surface area contributed by atoms with Gasteiger partial charge in [0.2, 0.25) is 0 Å². The zero-order valence-corrected chi connectivity index (χ0v) is 9.00. The molecule has 1 saturated carbocycles. The van der Waals surface area contributed by atoms with E-state index in [0.717, 1.165) is 18.4 Å². The summed E-state index contributed by atoms with van der Waals surface area (Å²) >= 11 is 0. The van der Waals surface area contributed by atoms with Gasteiger partial charge in [-0.1, -0.05) is 6.07 Å². The fourth-order valence-electron chi connectivity index (χ4n) is 1.73. The van der Waals surface area contributed by atoms with Gasteiger partial charge in [-0.25, -0.2) is 9.97 Å². The molecule has 0 spiro atoms. The summed E-state index contributed by atoms with van der Waals surface area (Å²) in [4.78, 5) is 8.45. The van der Waals surface area contributed by atoms with Crippen molar-refractivity contribution in [3.8, 4) is 5.82 Å². The Hall–Kier alpha value is -1.68. The van der Waals surface area contributed by atoms with Crippen LogP contribution in [0.5, 0.6) is 0 Å². The van der Waals surface area contributed by atoms with E-state index in [4.69, 9.17) is 0 Å². The topological polar surface area (TPSA) is 42.7 Å². The summed E-state index contributed by atoms with van der Waals surface area (Å²) in [7, 11) is 0. The van der Waals surface area contributed by atoms with Gasteiger partial charge in [-0.3, -0.25) is 4.57 Å². The van der Waals surface area contributed by atoms with Gasteiger partial charge in [-0.05, 0) is 18.9 Å². The van der Waals surface area contributed by atoms with Gasteiger partial charge in [-0.15, -0.1) is 0 Å². The third-order valence-corrected chi connectivity index (χ3v) is 2.78. The number of nitrogens with zero attached hydrogens (tertiary/aromatic N) is 3. The highest BCUT2D eigenvalue weighted by Crippen LogP contribution is 2.20. The molecule has 4 heteroatoms. The number of hydrogen-bond acceptors (Lipinski definition) is 3. The minimum atomic E-state index is 0.718. The van der Waals surface area contributed by atoms with Gasteiger partial charge < -0.3 is 5.32 Å². The maximum Gasteiger partial charge on any atom is 0.142 e. The molecule has 0 aromatic carbocycles. The van der Waals surface area contributed by atoms with E-state index in [-0.39, 0.29) is 0 Å². The van der Waals surface area contributed by atoms with Crippen LogP contribution in [0.25, 0.3) is 5.82 Å². The Morgan fingerprint density at radius 2 is 2.31 bits per heavy atom. The molecule has 0 aliphatic heterocycles. The van der Waals surface area contributed by atoms with Crippen molar-refractivity contribution in [3.63, 3.8) is 0 Å². The van der Waals surface area contributed by atoms with Crippen LogP contribution in [0.4, 0.5) is 0 Å². The number of imidazole rings is 1. The second-order valence-corrected chi connectivity index (χ2v) is 4.11. The van der Waals surface area contributed by atoms with E-state index >= 15 is 0 Å². The molecule has 0 atom stereocenters. The molecule has 0 radical (unpaired) electrons. The predicted molar refractivity (Wildman–Crippen MR) is 61.2 cm³/mol. The van der Waals surface area contributed by atoms with Gasteiger partial charge in [0.05, 0.1) is 0 Å². The molecule has 82 valence electrons. The SMILES string of the molecule is c1cnc(-n2ccnc2)c(CNC2CC2)c1. The third kappa shape index (κ3) is 1.97. The van der Waals surface area contributed by atoms with Gasteiger partial charge in [-0.2, -0.15) is 0 Å². The van der Waals surface area contributed by atoms with E-state index in [0.29, 0.717) is 0 Å². The van der Waals surface area contributed by atoms with E-state index in [1.54, 1.807) is 12.5 Å². The summed E-state index contributed by atoms with van der Waals surface area (Å²) in [5, 5.41) is 3.50. The summed E-state index contributed by atoms with van der Waals surface area (Å²) in [5.41, 5.74) is 1.22. The maximum atomic E-state index is 4.40. The average Bonchev–Trinajstić information content (AvgIpc) is 3.00. The number of nitrogens with one attached hydrogen (secondary N) is 1. The summed E-state index contributed by atoms with van der Waals surface area (Å²) in [6, 6.07) is 4.80. The lowest BCUT2D eigenvalue weighted by Gasteiger charge is -2.09. The van der Waals surface area contributed by atoms with Crippen LogP contribution in [0.15, 0.2) is 37.1 Å². The Morgan fingerprint density at radius 1 is 1.38 bits per heavy atom. The Kier molecular flexibility index (Phi) is 2.42. The molecule has 1 aliphatic rings. The molecule has 0 amide bonds. The molecule has 3 rings (SSSR count). The first kappa shape index (κ1) is 9.54. The van der Waals surface area contributed by atoms with Crippen molar-refractivity contribution < 1.29 is 0 Å². The fraction of sp³-hybridized carbons (Fsp3) is 0.333. The number of hydrogen-bond donors (Lipinski definition) is 1. The zero-order valence-electron chi connectivity index (χ0n) is 9.00. The van der Waals surface area contributed by atoms with Crippen molar-refractivity contribution >= 4 is 0 Å². The molecule has 1 N–H and O–H groups in total. The van der Waals surface area contributed by atoms with Crippen LogP contribution in [0.3, 0.4) is 0 Å². The average molecular weight is 214 g/mol. The summed E-state index contributed by atoms with van der Waals surface area (Å²) in [5.74, 6) is 0.966. The van der Waals surface area contributed by atoms with Gasteiger partial charge in [0.1, 0.15) is 12.1 Å². The Morgan fingerprint density at radius 3 is 3.06 bits per heavy atom. The second-order valence-electron chi connectivity index (χ2n) is 4.11.